The van der Waals surface area contributed by atoms with Crippen LogP contribution < -0.4 is 5.73 Å². The standard InChI is InChI=1S/C10H13NO2/c1-3-7-5-6-9(10(11)12)13-8(7)4-2/h3-4,9H,1-2,5-6H2,(H2,11,12). The summed E-state index contributed by atoms with van der Waals surface area (Å²) in [6.45, 7) is 7.24. The van der Waals surface area contributed by atoms with Gasteiger partial charge in [0.25, 0.3) is 5.91 Å². The van der Waals surface area contributed by atoms with Crippen LogP contribution in [0.5, 0.6) is 0 Å². The molecule has 3 nitrogen and oxygen atoms in total. The molecule has 0 aliphatic carbocycles. The summed E-state index contributed by atoms with van der Waals surface area (Å²) in [5.74, 6) is 0.188. The number of allylic oxidation sites excluding steroid dienone is 3. The van der Waals surface area contributed by atoms with Gasteiger partial charge in [-0.15, -0.1) is 0 Å². The van der Waals surface area contributed by atoms with Gasteiger partial charge in [0, 0.05) is 0 Å². The lowest BCUT2D eigenvalue weighted by molar-refractivity contribution is -0.127. The second kappa shape index (κ2) is 3.94. The number of rotatable bonds is 3. The molecule has 13 heavy (non-hydrogen) atoms. The predicted molar refractivity (Wildman–Crippen MR) is 50.7 cm³/mol. The summed E-state index contributed by atoms with van der Waals surface area (Å²) in [6, 6.07) is 0. The molecule has 0 spiro atoms. The Morgan fingerprint density at radius 2 is 2.23 bits per heavy atom. The minimum Gasteiger partial charge on any atom is -0.480 e. The predicted octanol–water partition coefficient (Wildman–Crippen LogP) is 1.28. The van der Waals surface area contributed by atoms with Crippen LogP contribution in [-0.2, 0) is 9.53 Å². The molecule has 0 saturated carbocycles. The van der Waals surface area contributed by atoms with Crippen LogP contribution >= 0.6 is 0 Å². The van der Waals surface area contributed by atoms with Gasteiger partial charge in [0.15, 0.2) is 6.10 Å². The summed E-state index contributed by atoms with van der Waals surface area (Å²) in [6.07, 6.45) is 4.16. The average molecular weight is 179 g/mol. The van der Waals surface area contributed by atoms with Gasteiger partial charge in [0.1, 0.15) is 5.76 Å². The van der Waals surface area contributed by atoms with Crippen LogP contribution in [0, 0.1) is 0 Å². The smallest absolute Gasteiger partial charge is 0.258 e. The fourth-order valence-electron chi connectivity index (χ4n) is 1.28. The Bertz CT molecular complexity index is 279. The van der Waals surface area contributed by atoms with Gasteiger partial charge in [-0.05, 0) is 24.5 Å². The summed E-state index contributed by atoms with van der Waals surface area (Å²) >= 11 is 0. The van der Waals surface area contributed by atoms with Crippen molar-refractivity contribution in [1.82, 2.24) is 0 Å². The highest BCUT2D eigenvalue weighted by atomic mass is 16.5. The van der Waals surface area contributed by atoms with Crippen LogP contribution in [0.4, 0.5) is 0 Å². The second-order valence-corrected chi connectivity index (χ2v) is 2.85. The lowest BCUT2D eigenvalue weighted by Gasteiger charge is -2.23. The van der Waals surface area contributed by atoms with Crippen molar-refractivity contribution in [2.45, 2.75) is 18.9 Å². The first-order valence-corrected chi connectivity index (χ1v) is 4.13. The van der Waals surface area contributed by atoms with Crippen molar-refractivity contribution in [2.24, 2.45) is 5.73 Å². The molecule has 0 aromatic rings. The summed E-state index contributed by atoms with van der Waals surface area (Å²) in [5, 5.41) is 0. The SMILES string of the molecule is C=CC1=C(C=C)OC(C(N)=O)CC1. The van der Waals surface area contributed by atoms with Crippen LogP contribution in [0.25, 0.3) is 0 Å². The van der Waals surface area contributed by atoms with E-state index in [4.69, 9.17) is 10.5 Å². The van der Waals surface area contributed by atoms with Crippen molar-refractivity contribution in [3.8, 4) is 0 Å². The van der Waals surface area contributed by atoms with E-state index in [0.29, 0.717) is 12.2 Å². The third-order valence-corrected chi connectivity index (χ3v) is 2.01. The van der Waals surface area contributed by atoms with E-state index in [1.807, 2.05) is 0 Å². The topological polar surface area (TPSA) is 52.3 Å². The Labute approximate surface area is 77.6 Å². The van der Waals surface area contributed by atoms with E-state index in [1.165, 1.54) is 0 Å². The van der Waals surface area contributed by atoms with Gasteiger partial charge < -0.3 is 10.5 Å². The zero-order valence-corrected chi connectivity index (χ0v) is 7.45. The molecule has 2 N–H and O–H groups in total. The van der Waals surface area contributed by atoms with Crippen LogP contribution in [-0.4, -0.2) is 12.0 Å². The molecule has 1 heterocycles. The van der Waals surface area contributed by atoms with Crippen molar-refractivity contribution in [3.63, 3.8) is 0 Å². The molecule has 0 saturated heterocycles. The van der Waals surface area contributed by atoms with Crippen molar-refractivity contribution in [2.75, 3.05) is 0 Å². The number of carbonyl (C=O) groups is 1. The Hall–Kier alpha value is -1.51. The molecule has 0 aromatic carbocycles. The van der Waals surface area contributed by atoms with Crippen LogP contribution in [0.3, 0.4) is 0 Å². The van der Waals surface area contributed by atoms with Gasteiger partial charge in [0.2, 0.25) is 0 Å². The maximum Gasteiger partial charge on any atom is 0.258 e. The van der Waals surface area contributed by atoms with E-state index >= 15 is 0 Å². The van der Waals surface area contributed by atoms with E-state index in [1.54, 1.807) is 12.2 Å². The van der Waals surface area contributed by atoms with Gasteiger partial charge in [-0.25, -0.2) is 0 Å². The normalized spacial score (nSPS) is 22.0. The monoisotopic (exact) mass is 179 g/mol. The Balaban J connectivity index is 2.83. The summed E-state index contributed by atoms with van der Waals surface area (Å²) in [4.78, 5) is 10.8. The lowest BCUT2D eigenvalue weighted by Crippen LogP contribution is -2.33. The highest BCUT2D eigenvalue weighted by molar-refractivity contribution is 5.79. The highest BCUT2D eigenvalue weighted by Crippen LogP contribution is 2.24. The van der Waals surface area contributed by atoms with Gasteiger partial charge in [-0.3, -0.25) is 4.79 Å². The molecule has 1 aliphatic rings. The Morgan fingerprint density at radius 1 is 1.54 bits per heavy atom. The first-order valence-electron chi connectivity index (χ1n) is 4.13. The highest BCUT2D eigenvalue weighted by Gasteiger charge is 2.23. The molecule has 1 atom stereocenters. The molecule has 0 bridgehead atoms. The van der Waals surface area contributed by atoms with Gasteiger partial charge in [-0.1, -0.05) is 19.2 Å². The number of hydrogen-bond acceptors (Lipinski definition) is 2. The fraction of sp³-hybridized carbons (Fsp3) is 0.300. The van der Waals surface area contributed by atoms with Gasteiger partial charge >= 0.3 is 0 Å². The van der Waals surface area contributed by atoms with Crippen LogP contribution in [0.1, 0.15) is 12.8 Å². The number of amides is 1. The molecular weight excluding hydrogens is 166 g/mol. The van der Waals surface area contributed by atoms with E-state index in [-0.39, 0.29) is 0 Å². The van der Waals surface area contributed by atoms with E-state index in [9.17, 15) is 4.79 Å². The maximum absolute atomic E-state index is 10.8. The molecule has 0 radical (unpaired) electrons. The van der Waals surface area contributed by atoms with Crippen molar-refractivity contribution in [1.29, 1.82) is 0 Å². The fourth-order valence-corrected chi connectivity index (χ4v) is 1.28. The molecule has 1 rings (SSSR count). The van der Waals surface area contributed by atoms with Gasteiger partial charge in [-0.2, -0.15) is 0 Å². The molecule has 1 aliphatic heterocycles. The summed E-state index contributed by atoms with van der Waals surface area (Å²) in [7, 11) is 0. The Morgan fingerprint density at radius 3 is 2.69 bits per heavy atom. The van der Waals surface area contributed by atoms with E-state index in [2.05, 4.69) is 13.2 Å². The van der Waals surface area contributed by atoms with E-state index in [0.717, 1.165) is 12.0 Å². The number of hydrogen-bond donors (Lipinski definition) is 1. The second-order valence-electron chi connectivity index (χ2n) is 2.85. The quantitative estimate of drug-likeness (QED) is 0.709. The molecule has 70 valence electrons. The molecule has 0 fully saturated rings. The van der Waals surface area contributed by atoms with Crippen molar-refractivity contribution >= 4 is 5.91 Å². The van der Waals surface area contributed by atoms with Crippen molar-refractivity contribution in [3.05, 3.63) is 36.6 Å². The zero-order valence-electron chi connectivity index (χ0n) is 7.45. The van der Waals surface area contributed by atoms with Crippen LogP contribution in [0.2, 0.25) is 0 Å². The average Bonchev–Trinajstić information content (AvgIpc) is 2.16. The molecule has 1 amide bonds. The van der Waals surface area contributed by atoms with E-state index < -0.39 is 12.0 Å². The summed E-state index contributed by atoms with van der Waals surface area (Å²) < 4.78 is 5.32. The lowest BCUT2D eigenvalue weighted by atomic mass is 10.0. The largest absolute Gasteiger partial charge is 0.480 e. The number of carbonyl (C=O) groups excluding carboxylic acids is 1. The van der Waals surface area contributed by atoms with Crippen molar-refractivity contribution < 1.29 is 9.53 Å². The maximum atomic E-state index is 10.8. The molecule has 0 aromatic heterocycles. The minimum atomic E-state index is -0.517. The zero-order chi connectivity index (χ0) is 9.84. The number of primary amides is 1. The third kappa shape index (κ3) is 1.99. The van der Waals surface area contributed by atoms with Crippen LogP contribution in [0.15, 0.2) is 36.6 Å². The minimum absolute atomic E-state index is 0.428. The number of ether oxygens (including phenoxy) is 1. The third-order valence-electron chi connectivity index (χ3n) is 2.01. The molecule has 3 heteroatoms. The first kappa shape index (κ1) is 9.58. The molecular formula is C10H13NO2. The van der Waals surface area contributed by atoms with Gasteiger partial charge in [0.05, 0.1) is 0 Å². The summed E-state index contributed by atoms with van der Waals surface area (Å²) in [5.41, 5.74) is 6.10. The molecule has 1 unspecified atom stereocenters. The number of nitrogens with two attached hydrogens (primary N) is 1. The Kier molecular flexibility index (Phi) is 2.90. The first-order chi connectivity index (χ1) is 6.19.